The van der Waals surface area contributed by atoms with E-state index in [1.54, 1.807) is 10.9 Å². The molecule has 2 aromatic rings. The fraction of sp³-hybridized carbons (Fsp3) is 0.286. The summed E-state index contributed by atoms with van der Waals surface area (Å²) >= 11 is 0. The first-order chi connectivity index (χ1) is 8.63. The van der Waals surface area contributed by atoms with Crippen molar-refractivity contribution >= 4 is 5.97 Å². The molecule has 4 nitrogen and oxygen atoms in total. The van der Waals surface area contributed by atoms with Crippen LogP contribution in [-0.2, 0) is 17.3 Å². The summed E-state index contributed by atoms with van der Waals surface area (Å²) in [6.07, 6.45) is 3.24. The van der Waals surface area contributed by atoms with Crippen LogP contribution in [0, 0.1) is 0 Å². The third-order valence-corrected chi connectivity index (χ3v) is 3.71. The molecule has 0 aliphatic heterocycles. The molecule has 0 unspecified atom stereocenters. The maximum atomic E-state index is 11.2. The molecule has 18 heavy (non-hydrogen) atoms. The van der Waals surface area contributed by atoms with Gasteiger partial charge in [-0.15, -0.1) is 0 Å². The molecule has 1 aliphatic carbocycles. The Morgan fingerprint density at radius 3 is 2.39 bits per heavy atom. The summed E-state index contributed by atoms with van der Waals surface area (Å²) in [6.45, 7) is 0. The summed E-state index contributed by atoms with van der Waals surface area (Å²) in [4.78, 5) is 11.2. The van der Waals surface area contributed by atoms with E-state index in [0.29, 0.717) is 0 Å². The summed E-state index contributed by atoms with van der Waals surface area (Å²) in [6, 6.07) is 9.72. The van der Waals surface area contributed by atoms with Crippen molar-refractivity contribution in [2.24, 2.45) is 7.05 Å². The largest absolute Gasteiger partial charge is 0.481 e. The molecule has 1 heterocycles. The Bertz CT molecular complexity index is 595. The summed E-state index contributed by atoms with van der Waals surface area (Å²) in [5, 5.41) is 13.4. The number of carboxylic acid groups (broad SMARTS) is 1. The van der Waals surface area contributed by atoms with Crippen LogP contribution in [0.2, 0.25) is 0 Å². The van der Waals surface area contributed by atoms with Crippen molar-refractivity contribution in [2.75, 3.05) is 0 Å². The minimum atomic E-state index is -0.712. The highest BCUT2D eigenvalue weighted by molar-refractivity contribution is 5.85. The Kier molecular flexibility index (Phi) is 2.26. The Morgan fingerprint density at radius 2 is 1.94 bits per heavy atom. The van der Waals surface area contributed by atoms with Crippen LogP contribution in [0.1, 0.15) is 18.4 Å². The Hall–Kier alpha value is -2.10. The highest BCUT2D eigenvalue weighted by Gasteiger charge is 2.51. The van der Waals surface area contributed by atoms with Gasteiger partial charge < -0.3 is 5.11 Å². The van der Waals surface area contributed by atoms with Crippen LogP contribution < -0.4 is 0 Å². The fourth-order valence-electron chi connectivity index (χ4n) is 2.37. The molecule has 3 rings (SSSR count). The molecule has 0 amide bonds. The normalized spacial score (nSPS) is 16.5. The van der Waals surface area contributed by atoms with Gasteiger partial charge in [0.05, 0.1) is 11.1 Å². The molecule has 1 aliphatic rings. The van der Waals surface area contributed by atoms with Gasteiger partial charge >= 0.3 is 5.97 Å². The maximum Gasteiger partial charge on any atom is 0.314 e. The maximum absolute atomic E-state index is 11.2. The molecule has 1 saturated carbocycles. The lowest BCUT2D eigenvalue weighted by molar-refractivity contribution is -0.140. The number of aliphatic carboxylic acids is 1. The Balaban J connectivity index is 1.95. The molecule has 1 N–H and O–H groups in total. The van der Waals surface area contributed by atoms with Crippen LogP contribution in [0.5, 0.6) is 0 Å². The second-order valence-electron chi connectivity index (χ2n) is 4.80. The first kappa shape index (κ1) is 11.0. The lowest BCUT2D eigenvalue weighted by Gasteiger charge is -2.10. The number of hydrogen-bond donors (Lipinski definition) is 1. The van der Waals surface area contributed by atoms with E-state index >= 15 is 0 Å². The zero-order chi connectivity index (χ0) is 12.8. The number of aromatic nitrogens is 2. The molecular weight excluding hydrogens is 228 g/mol. The van der Waals surface area contributed by atoms with Crippen molar-refractivity contribution in [1.82, 2.24) is 9.78 Å². The second kappa shape index (κ2) is 3.70. The van der Waals surface area contributed by atoms with Crippen molar-refractivity contribution in [3.05, 3.63) is 42.1 Å². The van der Waals surface area contributed by atoms with E-state index in [1.807, 2.05) is 37.4 Å². The predicted octanol–water partition coefficient (Wildman–Crippen LogP) is 2.20. The second-order valence-corrected chi connectivity index (χ2v) is 4.80. The number of nitrogens with zero attached hydrogens (tertiary/aromatic N) is 2. The standard InChI is InChI=1S/C14H14N2O2/c1-16-12(6-9-15-16)10-2-4-11(5-3-10)14(7-8-14)13(17)18/h2-6,9H,7-8H2,1H3,(H,17,18). The van der Waals surface area contributed by atoms with Crippen LogP contribution in [0.3, 0.4) is 0 Å². The minimum Gasteiger partial charge on any atom is -0.481 e. The van der Waals surface area contributed by atoms with Crippen molar-refractivity contribution in [2.45, 2.75) is 18.3 Å². The SMILES string of the molecule is Cn1nccc1-c1ccc(C2(C(=O)O)CC2)cc1. The van der Waals surface area contributed by atoms with Gasteiger partial charge in [-0.1, -0.05) is 24.3 Å². The van der Waals surface area contributed by atoms with Crippen LogP contribution in [-0.4, -0.2) is 20.9 Å². The molecule has 0 bridgehead atoms. The molecule has 0 radical (unpaired) electrons. The number of rotatable bonds is 3. The number of aryl methyl sites for hydroxylation is 1. The number of benzene rings is 1. The van der Waals surface area contributed by atoms with Crippen LogP contribution >= 0.6 is 0 Å². The Morgan fingerprint density at radius 1 is 1.28 bits per heavy atom. The molecule has 92 valence electrons. The summed E-state index contributed by atoms with van der Waals surface area (Å²) in [5.41, 5.74) is 2.37. The monoisotopic (exact) mass is 242 g/mol. The number of carboxylic acids is 1. The van der Waals surface area contributed by atoms with Crippen molar-refractivity contribution in [3.8, 4) is 11.3 Å². The average molecular weight is 242 g/mol. The molecule has 1 fully saturated rings. The molecule has 1 aromatic carbocycles. The molecule has 0 saturated heterocycles. The van der Waals surface area contributed by atoms with E-state index in [9.17, 15) is 9.90 Å². The van der Waals surface area contributed by atoms with Crippen LogP contribution in [0.4, 0.5) is 0 Å². The van der Waals surface area contributed by atoms with Gasteiger partial charge in [0.2, 0.25) is 0 Å². The zero-order valence-corrected chi connectivity index (χ0v) is 10.1. The molecule has 1 aromatic heterocycles. The van der Waals surface area contributed by atoms with Gasteiger partial charge in [-0.2, -0.15) is 5.10 Å². The van der Waals surface area contributed by atoms with E-state index in [4.69, 9.17) is 0 Å². The summed E-state index contributed by atoms with van der Waals surface area (Å²) in [7, 11) is 1.89. The number of carbonyl (C=O) groups is 1. The first-order valence-electron chi connectivity index (χ1n) is 5.96. The molecule has 0 spiro atoms. The smallest absolute Gasteiger partial charge is 0.314 e. The highest BCUT2D eigenvalue weighted by atomic mass is 16.4. The lowest BCUT2D eigenvalue weighted by atomic mass is 9.95. The zero-order valence-electron chi connectivity index (χ0n) is 10.1. The van der Waals surface area contributed by atoms with Crippen molar-refractivity contribution < 1.29 is 9.90 Å². The first-order valence-corrected chi connectivity index (χ1v) is 5.96. The molecule has 0 atom stereocenters. The molecular formula is C14H14N2O2. The van der Waals surface area contributed by atoms with E-state index in [2.05, 4.69) is 5.10 Å². The van der Waals surface area contributed by atoms with Crippen LogP contribution in [0.15, 0.2) is 36.5 Å². The van der Waals surface area contributed by atoms with E-state index in [1.165, 1.54) is 0 Å². The number of hydrogen-bond acceptors (Lipinski definition) is 2. The van der Waals surface area contributed by atoms with Crippen LogP contribution in [0.25, 0.3) is 11.3 Å². The van der Waals surface area contributed by atoms with E-state index in [-0.39, 0.29) is 0 Å². The minimum absolute atomic E-state index is 0.620. The van der Waals surface area contributed by atoms with Crippen molar-refractivity contribution in [1.29, 1.82) is 0 Å². The molecule has 4 heteroatoms. The van der Waals surface area contributed by atoms with Gasteiger partial charge in [0.25, 0.3) is 0 Å². The van der Waals surface area contributed by atoms with E-state index < -0.39 is 11.4 Å². The fourth-order valence-corrected chi connectivity index (χ4v) is 2.37. The highest BCUT2D eigenvalue weighted by Crippen LogP contribution is 2.48. The quantitative estimate of drug-likeness (QED) is 0.897. The predicted molar refractivity (Wildman–Crippen MR) is 67.2 cm³/mol. The summed E-state index contributed by atoms with van der Waals surface area (Å²) in [5.74, 6) is -0.712. The van der Waals surface area contributed by atoms with Gasteiger partial charge in [0, 0.05) is 13.2 Å². The topological polar surface area (TPSA) is 55.1 Å². The van der Waals surface area contributed by atoms with Gasteiger partial charge in [-0.05, 0) is 30.0 Å². The average Bonchev–Trinajstić information content (AvgIpc) is 3.08. The summed E-state index contributed by atoms with van der Waals surface area (Å²) < 4.78 is 1.80. The third kappa shape index (κ3) is 1.53. The van der Waals surface area contributed by atoms with E-state index in [0.717, 1.165) is 29.7 Å². The lowest BCUT2D eigenvalue weighted by Crippen LogP contribution is -2.19. The Labute approximate surface area is 105 Å². The van der Waals surface area contributed by atoms with Gasteiger partial charge in [0.1, 0.15) is 0 Å². The van der Waals surface area contributed by atoms with Gasteiger partial charge in [-0.25, -0.2) is 0 Å². The van der Waals surface area contributed by atoms with Gasteiger partial charge in [0.15, 0.2) is 0 Å². The van der Waals surface area contributed by atoms with Gasteiger partial charge in [-0.3, -0.25) is 9.48 Å². The third-order valence-electron chi connectivity index (χ3n) is 3.71. The van der Waals surface area contributed by atoms with Crippen molar-refractivity contribution in [3.63, 3.8) is 0 Å².